The lowest BCUT2D eigenvalue weighted by Crippen LogP contribution is -2.33. The van der Waals surface area contributed by atoms with Crippen molar-refractivity contribution in [2.24, 2.45) is 0 Å². The number of aryl methyl sites for hydroxylation is 1. The van der Waals surface area contributed by atoms with Gasteiger partial charge in [0.15, 0.2) is 0 Å². The van der Waals surface area contributed by atoms with Gasteiger partial charge in [0.25, 0.3) is 0 Å². The molecule has 25 heavy (non-hydrogen) atoms. The normalized spacial score (nSPS) is 12.3. The van der Waals surface area contributed by atoms with Gasteiger partial charge in [-0.15, -0.1) is 11.3 Å². The molecule has 3 aromatic rings. The number of hydrogen-bond acceptors (Lipinski definition) is 5. The number of thiophene rings is 1. The second kappa shape index (κ2) is 7.97. The van der Waals surface area contributed by atoms with Gasteiger partial charge in [0.05, 0.1) is 5.75 Å². The quantitative estimate of drug-likeness (QED) is 0.505. The first-order chi connectivity index (χ1) is 12.1. The molecule has 1 atom stereocenters. The van der Waals surface area contributed by atoms with Gasteiger partial charge in [-0.1, -0.05) is 49.0 Å². The summed E-state index contributed by atoms with van der Waals surface area (Å²) in [5.74, 6) is 1.15. The average molecular weight is 372 g/mol. The van der Waals surface area contributed by atoms with E-state index in [-0.39, 0.29) is 11.9 Å². The molecule has 1 unspecified atom stereocenters. The van der Waals surface area contributed by atoms with E-state index in [9.17, 15) is 4.79 Å². The summed E-state index contributed by atoms with van der Waals surface area (Å²) >= 11 is 3.14. The average Bonchev–Trinajstić information content (AvgIpc) is 3.04. The Bertz CT molecular complexity index is 877. The minimum Gasteiger partial charge on any atom is -0.353 e. The van der Waals surface area contributed by atoms with Gasteiger partial charge in [-0.2, -0.15) is 0 Å². The molecule has 0 radical (unpaired) electrons. The Hall–Kier alpha value is -1.92. The summed E-state index contributed by atoms with van der Waals surface area (Å²) in [7, 11) is 0. The second-order valence-electron chi connectivity index (χ2n) is 5.94. The van der Waals surface area contributed by atoms with Crippen molar-refractivity contribution in [3.63, 3.8) is 0 Å². The number of carbonyl (C=O) groups excluding carboxylic acids is 1. The highest BCUT2D eigenvalue weighted by Gasteiger charge is 2.14. The lowest BCUT2D eigenvalue weighted by Gasteiger charge is -2.11. The van der Waals surface area contributed by atoms with E-state index in [1.807, 2.05) is 32.0 Å². The minimum absolute atomic E-state index is 0.0438. The fourth-order valence-corrected chi connectivity index (χ4v) is 4.41. The van der Waals surface area contributed by atoms with Crippen molar-refractivity contribution in [1.29, 1.82) is 0 Å². The number of benzene rings is 1. The van der Waals surface area contributed by atoms with Crippen LogP contribution in [0.1, 0.15) is 26.1 Å². The van der Waals surface area contributed by atoms with Crippen molar-refractivity contribution in [2.75, 3.05) is 5.75 Å². The Morgan fingerprint density at radius 1 is 1.28 bits per heavy atom. The number of fused-ring (bicyclic) bond motifs is 1. The number of nitrogens with one attached hydrogen (secondary N) is 1. The minimum atomic E-state index is 0.0438. The van der Waals surface area contributed by atoms with Crippen LogP contribution in [0.25, 0.3) is 20.7 Å². The Balaban J connectivity index is 1.85. The van der Waals surface area contributed by atoms with Crippen LogP contribution in [0.15, 0.2) is 41.4 Å². The molecule has 0 aliphatic carbocycles. The monoisotopic (exact) mass is 371 g/mol. The molecule has 0 aliphatic rings. The maximum absolute atomic E-state index is 12.1. The third-order valence-corrected chi connectivity index (χ3v) is 5.96. The standard InChI is InChI=1S/C19H21N3OS2/c1-4-12(2)20-17(23)11-24-18-15-10-16(14-8-6-5-7-9-14)25-19(15)22-13(3)21-18/h5-10,12H,4,11H2,1-3H3,(H,20,23). The molecule has 0 aliphatic heterocycles. The van der Waals surface area contributed by atoms with Crippen molar-refractivity contribution in [2.45, 2.75) is 38.3 Å². The van der Waals surface area contributed by atoms with Crippen LogP contribution in [0.3, 0.4) is 0 Å². The van der Waals surface area contributed by atoms with Crippen LogP contribution in [0, 0.1) is 6.92 Å². The van der Waals surface area contributed by atoms with Gasteiger partial charge in [0.1, 0.15) is 15.7 Å². The number of nitrogens with zero attached hydrogens (tertiary/aromatic N) is 2. The first-order valence-electron chi connectivity index (χ1n) is 8.32. The summed E-state index contributed by atoms with van der Waals surface area (Å²) in [5, 5.41) is 4.89. The predicted octanol–water partition coefficient (Wildman–Crippen LogP) is 4.67. The lowest BCUT2D eigenvalue weighted by atomic mass is 10.2. The molecule has 1 amide bonds. The van der Waals surface area contributed by atoms with Crippen LogP contribution in [-0.4, -0.2) is 27.7 Å². The van der Waals surface area contributed by atoms with Gasteiger partial charge in [-0.3, -0.25) is 4.79 Å². The van der Waals surface area contributed by atoms with Gasteiger partial charge in [-0.05, 0) is 31.9 Å². The van der Waals surface area contributed by atoms with E-state index in [4.69, 9.17) is 0 Å². The van der Waals surface area contributed by atoms with E-state index >= 15 is 0 Å². The Morgan fingerprint density at radius 2 is 2.04 bits per heavy atom. The zero-order chi connectivity index (χ0) is 17.8. The van der Waals surface area contributed by atoms with E-state index in [1.54, 1.807) is 11.3 Å². The third-order valence-electron chi connectivity index (χ3n) is 3.89. The summed E-state index contributed by atoms with van der Waals surface area (Å²) in [6.07, 6.45) is 0.929. The molecule has 0 fully saturated rings. The number of rotatable bonds is 6. The van der Waals surface area contributed by atoms with Gasteiger partial charge in [0.2, 0.25) is 5.91 Å². The number of aromatic nitrogens is 2. The number of carbonyl (C=O) groups is 1. The molecule has 0 saturated heterocycles. The van der Waals surface area contributed by atoms with Crippen molar-refractivity contribution in [1.82, 2.24) is 15.3 Å². The van der Waals surface area contributed by atoms with Crippen LogP contribution in [0.5, 0.6) is 0 Å². The predicted molar refractivity (Wildman–Crippen MR) is 106 cm³/mol. The molecule has 1 aromatic carbocycles. The van der Waals surface area contributed by atoms with E-state index in [0.717, 1.165) is 27.5 Å². The van der Waals surface area contributed by atoms with Crippen molar-refractivity contribution in [3.05, 3.63) is 42.2 Å². The van der Waals surface area contributed by atoms with Gasteiger partial charge in [-0.25, -0.2) is 9.97 Å². The van der Waals surface area contributed by atoms with E-state index < -0.39 is 0 Å². The highest BCUT2D eigenvalue weighted by Crippen LogP contribution is 2.36. The van der Waals surface area contributed by atoms with E-state index in [2.05, 4.69) is 40.4 Å². The number of hydrogen-bond donors (Lipinski definition) is 1. The lowest BCUT2D eigenvalue weighted by molar-refractivity contribution is -0.119. The molecule has 0 spiro atoms. The topological polar surface area (TPSA) is 54.9 Å². The molecule has 3 rings (SSSR count). The number of thioether (sulfide) groups is 1. The van der Waals surface area contributed by atoms with E-state index in [0.29, 0.717) is 5.75 Å². The first kappa shape index (κ1) is 17.9. The largest absolute Gasteiger partial charge is 0.353 e. The van der Waals surface area contributed by atoms with Gasteiger partial charge < -0.3 is 5.32 Å². The molecule has 0 saturated carbocycles. The van der Waals surface area contributed by atoms with Crippen LogP contribution in [0.2, 0.25) is 0 Å². The highest BCUT2D eigenvalue weighted by atomic mass is 32.2. The Kier molecular flexibility index (Phi) is 5.71. The summed E-state index contributed by atoms with van der Waals surface area (Å²) < 4.78 is 0. The zero-order valence-corrected chi connectivity index (χ0v) is 16.2. The smallest absolute Gasteiger partial charge is 0.230 e. The van der Waals surface area contributed by atoms with Crippen LogP contribution in [-0.2, 0) is 4.79 Å². The molecule has 2 aromatic heterocycles. The maximum Gasteiger partial charge on any atom is 0.230 e. The molecule has 0 bridgehead atoms. The first-order valence-corrected chi connectivity index (χ1v) is 10.1. The SMILES string of the molecule is CCC(C)NC(=O)CSc1nc(C)nc2sc(-c3ccccc3)cc12. The summed E-state index contributed by atoms with van der Waals surface area (Å²) in [5.41, 5.74) is 1.17. The van der Waals surface area contributed by atoms with E-state index in [1.165, 1.54) is 22.2 Å². The van der Waals surface area contributed by atoms with Gasteiger partial charge >= 0.3 is 0 Å². The highest BCUT2D eigenvalue weighted by molar-refractivity contribution is 8.00. The van der Waals surface area contributed by atoms with Crippen molar-refractivity contribution >= 4 is 39.2 Å². The molecule has 1 N–H and O–H groups in total. The fourth-order valence-electron chi connectivity index (χ4n) is 2.40. The number of amides is 1. The molecular weight excluding hydrogens is 350 g/mol. The fraction of sp³-hybridized carbons (Fsp3) is 0.316. The van der Waals surface area contributed by atoms with Crippen LogP contribution in [0.4, 0.5) is 0 Å². The summed E-state index contributed by atoms with van der Waals surface area (Å²) in [6.45, 7) is 5.97. The maximum atomic E-state index is 12.1. The Morgan fingerprint density at radius 3 is 2.76 bits per heavy atom. The van der Waals surface area contributed by atoms with Crippen LogP contribution >= 0.6 is 23.1 Å². The molecule has 6 heteroatoms. The van der Waals surface area contributed by atoms with Crippen molar-refractivity contribution < 1.29 is 4.79 Å². The molecular formula is C19H21N3OS2. The van der Waals surface area contributed by atoms with Gasteiger partial charge in [0, 0.05) is 16.3 Å². The summed E-state index contributed by atoms with van der Waals surface area (Å²) in [6, 6.07) is 12.6. The summed E-state index contributed by atoms with van der Waals surface area (Å²) in [4.78, 5) is 23.3. The molecule has 4 nitrogen and oxygen atoms in total. The Labute approximate surface area is 156 Å². The van der Waals surface area contributed by atoms with Crippen molar-refractivity contribution in [3.8, 4) is 10.4 Å². The zero-order valence-electron chi connectivity index (χ0n) is 14.6. The third kappa shape index (κ3) is 4.38. The van der Waals surface area contributed by atoms with Crippen LogP contribution < -0.4 is 5.32 Å². The second-order valence-corrected chi connectivity index (χ2v) is 7.93. The molecule has 2 heterocycles. The molecule has 130 valence electrons.